The Hall–Kier alpha value is -2.46. The van der Waals surface area contributed by atoms with E-state index in [0.29, 0.717) is 18.2 Å². The minimum atomic E-state index is -3.61. The first-order chi connectivity index (χ1) is 12.4. The van der Waals surface area contributed by atoms with Crippen molar-refractivity contribution in [3.05, 3.63) is 36.0 Å². The number of carbonyl (C=O) groups excluding carboxylic acids is 1. The molecule has 0 atom stereocenters. The predicted octanol–water partition coefficient (Wildman–Crippen LogP) is 0.923. The molecule has 1 fully saturated rings. The number of piperazine rings is 1. The molecule has 0 spiro atoms. The Morgan fingerprint density at radius 2 is 1.81 bits per heavy atom. The van der Waals surface area contributed by atoms with Gasteiger partial charge in [-0.15, -0.1) is 10.2 Å². The van der Waals surface area contributed by atoms with Crippen LogP contribution >= 0.6 is 0 Å². The summed E-state index contributed by atoms with van der Waals surface area (Å²) in [5.41, 5.74) is 0. The van der Waals surface area contributed by atoms with Crippen LogP contribution in [0, 0.1) is 6.92 Å². The normalized spacial score (nSPS) is 15.8. The molecule has 1 saturated heterocycles. The van der Waals surface area contributed by atoms with E-state index in [1.807, 2.05) is 6.92 Å². The summed E-state index contributed by atoms with van der Waals surface area (Å²) in [6.45, 7) is 4.91. The summed E-state index contributed by atoms with van der Waals surface area (Å²) in [5, 5.41) is 7.34. The summed E-state index contributed by atoms with van der Waals surface area (Å²) in [5.74, 6) is 0.468. The number of carbonyl (C=O) groups is 1. The van der Waals surface area contributed by atoms with Crippen molar-refractivity contribution in [1.82, 2.24) is 19.4 Å². The number of aromatic nitrogens is 2. The molecule has 0 aliphatic carbocycles. The molecule has 9 nitrogen and oxygen atoms in total. The topological polar surface area (TPSA) is 106 Å². The van der Waals surface area contributed by atoms with E-state index in [1.165, 1.54) is 21.3 Å². The first-order valence-electron chi connectivity index (χ1n) is 8.24. The lowest BCUT2D eigenvalue weighted by atomic mass is 10.3. The molecule has 1 aliphatic rings. The highest BCUT2D eigenvalue weighted by Crippen LogP contribution is 2.21. The fourth-order valence-electron chi connectivity index (χ4n) is 2.67. The summed E-state index contributed by atoms with van der Waals surface area (Å²) in [6, 6.07) is 6.32. The molecule has 0 bridgehead atoms. The molecule has 0 saturated carbocycles. The maximum absolute atomic E-state index is 12.7. The number of aryl methyl sites for hydroxylation is 1. The van der Waals surface area contributed by atoms with Crippen LogP contribution in [0.25, 0.3) is 0 Å². The van der Waals surface area contributed by atoms with Gasteiger partial charge in [0.25, 0.3) is 0 Å². The van der Waals surface area contributed by atoms with Crippen LogP contribution in [0.3, 0.4) is 0 Å². The zero-order valence-corrected chi connectivity index (χ0v) is 15.4. The molecule has 140 valence electrons. The number of hydrogen-bond acceptors (Lipinski definition) is 7. The highest BCUT2D eigenvalue weighted by molar-refractivity contribution is 7.89. The summed E-state index contributed by atoms with van der Waals surface area (Å²) in [4.78, 5) is 14.0. The molecular weight excluding hydrogens is 360 g/mol. The molecule has 26 heavy (non-hydrogen) atoms. The molecule has 0 unspecified atom stereocenters. The van der Waals surface area contributed by atoms with E-state index in [4.69, 9.17) is 9.15 Å². The Bertz CT molecular complexity index is 870. The van der Waals surface area contributed by atoms with Crippen molar-refractivity contribution in [3.8, 4) is 5.75 Å². The first-order valence-corrected chi connectivity index (χ1v) is 9.68. The van der Waals surface area contributed by atoms with Gasteiger partial charge in [-0.3, -0.25) is 4.79 Å². The van der Waals surface area contributed by atoms with E-state index in [-0.39, 0.29) is 42.9 Å². The molecule has 1 aromatic heterocycles. The highest BCUT2D eigenvalue weighted by Gasteiger charge is 2.31. The number of rotatable bonds is 5. The second-order valence-corrected chi connectivity index (χ2v) is 7.66. The van der Waals surface area contributed by atoms with Gasteiger partial charge in [0.05, 0.1) is 11.5 Å². The molecule has 2 heterocycles. The summed E-state index contributed by atoms with van der Waals surface area (Å²) in [7, 11) is -3.61. The van der Waals surface area contributed by atoms with Crippen molar-refractivity contribution in [1.29, 1.82) is 0 Å². The van der Waals surface area contributed by atoms with Gasteiger partial charge in [-0.05, 0) is 31.2 Å². The largest absolute Gasteiger partial charge is 0.494 e. The molecule has 1 aromatic carbocycles. The van der Waals surface area contributed by atoms with Crippen LogP contribution in [0.4, 0.5) is 0 Å². The van der Waals surface area contributed by atoms with Crippen molar-refractivity contribution < 1.29 is 22.4 Å². The van der Waals surface area contributed by atoms with E-state index in [9.17, 15) is 13.2 Å². The van der Waals surface area contributed by atoms with Crippen LogP contribution < -0.4 is 4.74 Å². The SMILES string of the molecule is CCOc1ccc(S(=O)(=O)N2CCN(C(=O)c3nnc(C)o3)CC2)cc1. The van der Waals surface area contributed by atoms with Gasteiger partial charge in [-0.2, -0.15) is 4.31 Å². The van der Waals surface area contributed by atoms with Crippen molar-refractivity contribution in [2.75, 3.05) is 32.8 Å². The number of sulfonamides is 1. The third-order valence-corrected chi connectivity index (χ3v) is 5.92. The number of amides is 1. The maximum Gasteiger partial charge on any atom is 0.311 e. The van der Waals surface area contributed by atoms with E-state index in [2.05, 4.69) is 10.2 Å². The number of nitrogens with zero attached hydrogens (tertiary/aromatic N) is 4. The lowest BCUT2D eigenvalue weighted by molar-refractivity contribution is 0.0656. The van der Waals surface area contributed by atoms with Crippen molar-refractivity contribution in [2.24, 2.45) is 0 Å². The average molecular weight is 380 g/mol. The van der Waals surface area contributed by atoms with Gasteiger partial charge in [-0.1, -0.05) is 0 Å². The van der Waals surface area contributed by atoms with Crippen LogP contribution in [0.1, 0.15) is 23.5 Å². The van der Waals surface area contributed by atoms with Gasteiger partial charge in [-0.25, -0.2) is 8.42 Å². The van der Waals surface area contributed by atoms with Crippen molar-refractivity contribution >= 4 is 15.9 Å². The average Bonchev–Trinajstić information content (AvgIpc) is 3.08. The fraction of sp³-hybridized carbons (Fsp3) is 0.438. The zero-order valence-electron chi connectivity index (χ0n) is 14.6. The third-order valence-electron chi connectivity index (χ3n) is 4.01. The minimum absolute atomic E-state index is 0.0784. The van der Waals surface area contributed by atoms with E-state index < -0.39 is 10.0 Å². The minimum Gasteiger partial charge on any atom is -0.494 e. The molecular formula is C16H20N4O5S. The van der Waals surface area contributed by atoms with E-state index in [1.54, 1.807) is 19.1 Å². The predicted molar refractivity (Wildman–Crippen MR) is 91.3 cm³/mol. The summed E-state index contributed by atoms with van der Waals surface area (Å²) >= 11 is 0. The Morgan fingerprint density at radius 3 is 2.35 bits per heavy atom. The molecule has 1 aliphatic heterocycles. The van der Waals surface area contributed by atoms with Crippen LogP contribution in [0.15, 0.2) is 33.6 Å². The van der Waals surface area contributed by atoms with E-state index >= 15 is 0 Å². The van der Waals surface area contributed by atoms with Crippen molar-refractivity contribution in [2.45, 2.75) is 18.7 Å². The van der Waals surface area contributed by atoms with Crippen molar-refractivity contribution in [3.63, 3.8) is 0 Å². The Morgan fingerprint density at radius 1 is 1.15 bits per heavy atom. The van der Waals surface area contributed by atoms with Crippen LogP contribution in [0.5, 0.6) is 5.75 Å². The number of ether oxygens (including phenoxy) is 1. The Kier molecular flexibility index (Phi) is 5.23. The van der Waals surface area contributed by atoms with Crippen LogP contribution in [-0.4, -0.2) is 66.5 Å². The smallest absolute Gasteiger partial charge is 0.311 e. The second-order valence-electron chi connectivity index (χ2n) is 5.73. The van der Waals surface area contributed by atoms with Gasteiger partial charge < -0.3 is 14.1 Å². The van der Waals surface area contributed by atoms with Gasteiger partial charge in [0.2, 0.25) is 15.9 Å². The quantitative estimate of drug-likeness (QED) is 0.759. The maximum atomic E-state index is 12.7. The number of benzene rings is 1. The Labute approximate surface area is 151 Å². The molecule has 1 amide bonds. The first kappa shape index (κ1) is 18.3. The lowest BCUT2D eigenvalue weighted by Gasteiger charge is -2.33. The summed E-state index contributed by atoms with van der Waals surface area (Å²) < 4.78 is 37.3. The van der Waals surface area contributed by atoms with E-state index in [0.717, 1.165) is 0 Å². The lowest BCUT2D eigenvalue weighted by Crippen LogP contribution is -2.50. The van der Waals surface area contributed by atoms with Gasteiger partial charge in [0, 0.05) is 33.1 Å². The monoisotopic (exact) mass is 380 g/mol. The highest BCUT2D eigenvalue weighted by atomic mass is 32.2. The second kappa shape index (κ2) is 7.42. The molecule has 0 radical (unpaired) electrons. The molecule has 3 rings (SSSR count). The van der Waals surface area contributed by atoms with Gasteiger partial charge in [0.1, 0.15) is 5.75 Å². The van der Waals surface area contributed by atoms with Gasteiger partial charge in [0.15, 0.2) is 0 Å². The fourth-order valence-corrected chi connectivity index (χ4v) is 4.10. The van der Waals surface area contributed by atoms with Gasteiger partial charge >= 0.3 is 11.8 Å². The number of hydrogen-bond donors (Lipinski definition) is 0. The molecule has 0 N–H and O–H groups in total. The van der Waals surface area contributed by atoms with Crippen LogP contribution in [0.2, 0.25) is 0 Å². The van der Waals surface area contributed by atoms with Crippen LogP contribution in [-0.2, 0) is 10.0 Å². The molecule has 10 heteroatoms. The Balaban J connectivity index is 1.65. The standard InChI is InChI=1S/C16H20N4O5S/c1-3-24-13-4-6-14(7-5-13)26(22,23)20-10-8-19(9-11-20)16(21)15-18-17-12(2)25-15/h4-7H,3,8-11H2,1-2H3. The molecule has 2 aromatic rings. The summed E-state index contributed by atoms with van der Waals surface area (Å²) in [6.07, 6.45) is 0. The zero-order chi connectivity index (χ0) is 18.7. The third kappa shape index (κ3) is 3.70.